The van der Waals surface area contributed by atoms with Crippen molar-refractivity contribution in [1.82, 2.24) is 0 Å². The van der Waals surface area contributed by atoms with E-state index in [1.54, 1.807) is 0 Å². The SMILES string of the molecule is CCCCCCCCCCC/C=C/C/C=C/CCCC(=O)OC[C@H](CO[C@H]1O[C@H](CS(=O)(=O)O)[C@@H](O)C(O)C1O)OC(=O)CCCCCCCCCCCCCCCCCCC. The number of carbonyl (C=O) groups excluding carboxylic acids is 2. The summed E-state index contributed by atoms with van der Waals surface area (Å²) in [7, 11) is -4.61. The van der Waals surface area contributed by atoms with Gasteiger partial charge >= 0.3 is 11.9 Å². The summed E-state index contributed by atoms with van der Waals surface area (Å²) in [6.45, 7) is 3.75. The van der Waals surface area contributed by atoms with Crippen LogP contribution in [-0.2, 0) is 38.7 Å². The minimum atomic E-state index is -4.61. The van der Waals surface area contributed by atoms with Crippen molar-refractivity contribution in [3.8, 4) is 0 Å². The van der Waals surface area contributed by atoms with E-state index in [0.29, 0.717) is 19.3 Å². The number of aliphatic hydroxyl groups excluding tert-OH is 3. The molecule has 1 fully saturated rings. The number of esters is 2. The highest BCUT2D eigenvalue weighted by Crippen LogP contribution is 2.24. The molecule has 2 unspecified atom stereocenters. The molecule has 0 aliphatic carbocycles. The van der Waals surface area contributed by atoms with Gasteiger partial charge in [0.1, 0.15) is 36.8 Å². The average molecular weight is 903 g/mol. The molecule has 1 saturated heterocycles. The zero-order valence-electron chi connectivity index (χ0n) is 39.0. The molecular formula is C49H90O12S. The lowest BCUT2D eigenvalue weighted by Gasteiger charge is -2.40. The molecule has 0 spiro atoms. The molecule has 1 aliphatic rings. The molecule has 12 nitrogen and oxygen atoms in total. The number of unbranched alkanes of at least 4 members (excludes halogenated alkanes) is 26. The van der Waals surface area contributed by atoms with Gasteiger partial charge < -0.3 is 34.3 Å². The van der Waals surface area contributed by atoms with E-state index in [0.717, 1.165) is 32.1 Å². The molecule has 0 aromatic heterocycles. The molecule has 364 valence electrons. The molecule has 4 N–H and O–H groups in total. The van der Waals surface area contributed by atoms with Gasteiger partial charge in [-0.1, -0.05) is 192 Å². The highest BCUT2D eigenvalue weighted by Gasteiger charge is 2.46. The number of aliphatic hydroxyl groups is 3. The van der Waals surface area contributed by atoms with Crippen LogP contribution in [0, 0.1) is 0 Å². The van der Waals surface area contributed by atoms with Gasteiger partial charge in [0.2, 0.25) is 0 Å². The minimum Gasteiger partial charge on any atom is -0.462 e. The summed E-state index contributed by atoms with van der Waals surface area (Å²) < 4.78 is 54.1. The Hall–Kier alpha value is -1.87. The molecular weight excluding hydrogens is 813 g/mol. The van der Waals surface area contributed by atoms with Gasteiger partial charge in [-0.05, 0) is 38.5 Å². The summed E-state index contributed by atoms with van der Waals surface area (Å²) in [5, 5.41) is 30.9. The third-order valence-corrected chi connectivity index (χ3v) is 12.3. The Bertz CT molecular complexity index is 1240. The maximum Gasteiger partial charge on any atom is 0.306 e. The average Bonchev–Trinajstić information content (AvgIpc) is 3.24. The van der Waals surface area contributed by atoms with E-state index in [-0.39, 0.29) is 19.4 Å². The summed E-state index contributed by atoms with van der Waals surface area (Å²) in [6.07, 6.45) is 35.1. The third kappa shape index (κ3) is 33.6. The van der Waals surface area contributed by atoms with Crippen LogP contribution in [0.15, 0.2) is 24.3 Å². The molecule has 6 atom stereocenters. The first-order valence-electron chi connectivity index (χ1n) is 24.9. The van der Waals surface area contributed by atoms with Crippen molar-refractivity contribution in [3.63, 3.8) is 0 Å². The Labute approximate surface area is 377 Å². The van der Waals surface area contributed by atoms with Crippen LogP contribution < -0.4 is 0 Å². The van der Waals surface area contributed by atoms with Gasteiger partial charge in [0.15, 0.2) is 12.4 Å². The van der Waals surface area contributed by atoms with Crippen molar-refractivity contribution < 1.29 is 56.8 Å². The second-order valence-corrected chi connectivity index (χ2v) is 19.0. The molecule has 62 heavy (non-hydrogen) atoms. The first kappa shape index (κ1) is 58.1. The molecule has 0 bridgehead atoms. The third-order valence-electron chi connectivity index (χ3n) is 11.5. The second-order valence-electron chi connectivity index (χ2n) is 17.5. The lowest BCUT2D eigenvalue weighted by atomic mass is 10.00. The fourth-order valence-electron chi connectivity index (χ4n) is 7.66. The molecule has 0 aromatic rings. The Morgan fingerprint density at radius 2 is 0.984 bits per heavy atom. The number of carbonyl (C=O) groups is 2. The summed E-state index contributed by atoms with van der Waals surface area (Å²) in [5.41, 5.74) is 0. The summed E-state index contributed by atoms with van der Waals surface area (Å²) in [5.74, 6) is -2.03. The van der Waals surface area contributed by atoms with Crippen LogP contribution in [0.5, 0.6) is 0 Å². The highest BCUT2D eigenvalue weighted by molar-refractivity contribution is 7.85. The van der Waals surface area contributed by atoms with E-state index < -0.39 is 71.2 Å². The number of ether oxygens (including phenoxy) is 4. The van der Waals surface area contributed by atoms with Crippen molar-refractivity contribution in [2.75, 3.05) is 19.0 Å². The molecule has 1 rings (SSSR count). The number of allylic oxidation sites excluding steroid dienone is 4. The van der Waals surface area contributed by atoms with Gasteiger partial charge in [-0.2, -0.15) is 8.42 Å². The molecule has 0 radical (unpaired) electrons. The Kier molecular flexibility index (Phi) is 37.0. The Morgan fingerprint density at radius 3 is 1.47 bits per heavy atom. The minimum absolute atomic E-state index is 0.158. The predicted octanol–water partition coefficient (Wildman–Crippen LogP) is 10.8. The number of hydrogen-bond donors (Lipinski definition) is 4. The van der Waals surface area contributed by atoms with Crippen molar-refractivity contribution in [1.29, 1.82) is 0 Å². The van der Waals surface area contributed by atoms with Crippen LogP contribution in [-0.4, -0.2) is 96.0 Å². The van der Waals surface area contributed by atoms with Gasteiger partial charge in [0.05, 0.1) is 6.61 Å². The lowest BCUT2D eigenvalue weighted by molar-refractivity contribution is -0.297. The Balaban J connectivity index is 2.42. The van der Waals surface area contributed by atoms with E-state index in [1.807, 2.05) is 6.08 Å². The van der Waals surface area contributed by atoms with Crippen molar-refractivity contribution >= 4 is 22.1 Å². The van der Waals surface area contributed by atoms with Gasteiger partial charge in [0, 0.05) is 12.8 Å². The number of rotatable bonds is 42. The standard InChI is InChI=1S/C49H90O12S/c1-3-5-7-9-11-13-15-17-19-21-23-25-27-29-31-33-35-37-44(50)58-39-42(40-59-49-48(54)47(53)46(52)43(61-49)41-62(55,56)57)60-45(51)38-36-34-32-30-28-26-24-22-20-18-16-14-12-10-8-6-4-2/h23,25,29,31,42-43,46-49,52-54H,3-22,24,26-28,30,32-41H2,1-2H3,(H,55,56,57)/b25-23+,31-29+/t42-,43-,46-,47?,48?,49+/m1/s1. The first-order valence-corrected chi connectivity index (χ1v) is 26.5. The van der Waals surface area contributed by atoms with E-state index in [9.17, 15) is 37.9 Å². The normalized spacial score (nSPS) is 20.0. The summed E-state index contributed by atoms with van der Waals surface area (Å²) in [6, 6.07) is 0. The van der Waals surface area contributed by atoms with Crippen molar-refractivity contribution in [2.45, 2.75) is 256 Å². The molecule has 1 aliphatic heterocycles. The summed E-state index contributed by atoms with van der Waals surface area (Å²) in [4.78, 5) is 25.5. The van der Waals surface area contributed by atoms with E-state index in [1.165, 1.54) is 141 Å². The smallest absolute Gasteiger partial charge is 0.306 e. The quantitative estimate of drug-likeness (QED) is 0.0197. The molecule has 0 aromatic carbocycles. The summed E-state index contributed by atoms with van der Waals surface area (Å²) >= 11 is 0. The van der Waals surface area contributed by atoms with Crippen LogP contribution in [0.2, 0.25) is 0 Å². The van der Waals surface area contributed by atoms with Crippen LogP contribution >= 0.6 is 0 Å². The highest BCUT2D eigenvalue weighted by atomic mass is 32.2. The Morgan fingerprint density at radius 1 is 0.548 bits per heavy atom. The molecule has 13 heteroatoms. The fraction of sp³-hybridized carbons (Fsp3) is 0.878. The fourth-order valence-corrected chi connectivity index (χ4v) is 8.35. The van der Waals surface area contributed by atoms with Crippen LogP contribution in [0.1, 0.15) is 219 Å². The molecule has 1 heterocycles. The topological polar surface area (TPSA) is 186 Å². The monoisotopic (exact) mass is 903 g/mol. The maximum absolute atomic E-state index is 12.8. The zero-order valence-corrected chi connectivity index (χ0v) is 39.8. The molecule has 0 saturated carbocycles. The van der Waals surface area contributed by atoms with Gasteiger partial charge in [-0.15, -0.1) is 0 Å². The van der Waals surface area contributed by atoms with Crippen LogP contribution in [0.25, 0.3) is 0 Å². The van der Waals surface area contributed by atoms with Crippen molar-refractivity contribution in [2.24, 2.45) is 0 Å². The lowest BCUT2D eigenvalue weighted by Crippen LogP contribution is -2.60. The van der Waals surface area contributed by atoms with Gasteiger partial charge in [-0.3, -0.25) is 14.1 Å². The van der Waals surface area contributed by atoms with E-state index in [4.69, 9.17) is 18.9 Å². The maximum atomic E-state index is 12.8. The molecule has 0 amide bonds. The van der Waals surface area contributed by atoms with E-state index in [2.05, 4.69) is 32.1 Å². The van der Waals surface area contributed by atoms with Crippen LogP contribution in [0.3, 0.4) is 0 Å². The van der Waals surface area contributed by atoms with Crippen molar-refractivity contribution in [3.05, 3.63) is 24.3 Å². The van der Waals surface area contributed by atoms with Crippen LogP contribution in [0.4, 0.5) is 0 Å². The predicted molar refractivity (Wildman–Crippen MR) is 247 cm³/mol. The van der Waals surface area contributed by atoms with E-state index >= 15 is 0 Å². The number of hydrogen-bond acceptors (Lipinski definition) is 11. The van der Waals surface area contributed by atoms with Gasteiger partial charge in [-0.25, -0.2) is 0 Å². The second kappa shape index (κ2) is 39.5. The zero-order chi connectivity index (χ0) is 45.5. The first-order chi connectivity index (χ1) is 30.0. The largest absolute Gasteiger partial charge is 0.462 e. The van der Waals surface area contributed by atoms with Gasteiger partial charge in [0.25, 0.3) is 10.1 Å².